The molecule has 0 amide bonds. The number of nitrogens with one attached hydrogen (secondary N) is 2. The van der Waals surface area contributed by atoms with Crippen molar-refractivity contribution in [2.45, 2.75) is 13.0 Å². The van der Waals surface area contributed by atoms with Crippen LogP contribution in [-0.4, -0.2) is 41.0 Å². The number of nitrogens with zero attached hydrogens (tertiary/aromatic N) is 3. The van der Waals surface area contributed by atoms with Crippen LogP contribution in [0.25, 0.3) is 0 Å². The second-order valence-corrected chi connectivity index (χ2v) is 6.49. The van der Waals surface area contributed by atoms with Crippen LogP contribution < -0.4 is 10.6 Å². The molecule has 0 saturated carbocycles. The standard InChI is InChI=1S/C18H23N5O2S.HI/c1-26-13-12-21-18(20-11-9-16-4-2-3-10-19-16)22-14-15-5-7-17(8-6-15)23(24)25;/h2-8,10H,9,11-14H2,1H3,(H2,20,21,22);1H. The molecule has 0 saturated heterocycles. The van der Waals surface area contributed by atoms with Gasteiger partial charge in [0.25, 0.3) is 5.69 Å². The third-order valence-corrected chi connectivity index (χ3v) is 4.18. The number of nitro groups is 1. The smallest absolute Gasteiger partial charge is 0.269 e. The predicted molar refractivity (Wildman–Crippen MR) is 122 cm³/mol. The minimum atomic E-state index is -0.401. The molecule has 9 heteroatoms. The largest absolute Gasteiger partial charge is 0.356 e. The second-order valence-electron chi connectivity index (χ2n) is 5.51. The van der Waals surface area contributed by atoms with Crippen molar-refractivity contribution < 1.29 is 4.92 Å². The van der Waals surface area contributed by atoms with Gasteiger partial charge in [0.15, 0.2) is 5.96 Å². The number of rotatable bonds is 9. The molecule has 27 heavy (non-hydrogen) atoms. The van der Waals surface area contributed by atoms with Crippen molar-refractivity contribution in [2.24, 2.45) is 4.99 Å². The van der Waals surface area contributed by atoms with E-state index in [2.05, 4.69) is 26.9 Å². The van der Waals surface area contributed by atoms with E-state index in [9.17, 15) is 10.1 Å². The molecule has 0 aliphatic carbocycles. The molecule has 146 valence electrons. The Morgan fingerprint density at radius 2 is 1.93 bits per heavy atom. The number of nitro benzene ring substituents is 1. The maximum atomic E-state index is 10.7. The van der Waals surface area contributed by atoms with Crippen LogP contribution in [0.15, 0.2) is 53.7 Å². The third kappa shape index (κ3) is 9.05. The van der Waals surface area contributed by atoms with E-state index in [4.69, 9.17) is 0 Å². The predicted octanol–water partition coefficient (Wildman–Crippen LogP) is 3.25. The second kappa shape index (κ2) is 13.3. The van der Waals surface area contributed by atoms with Crippen molar-refractivity contribution in [2.75, 3.05) is 25.1 Å². The Morgan fingerprint density at radius 1 is 1.19 bits per heavy atom. The van der Waals surface area contributed by atoms with Crippen LogP contribution in [0.1, 0.15) is 11.3 Å². The molecule has 0 bridgehead atoms. The molecule has 0 radical (unpaired) electrons. The highest BCUT2D eigenvalue weighted by Crippen LogP contribution is 2.12. The lowest BCUT2D eigenvalue weighted by atomic mass is 10.2. The maximum absolute atomic E-state index is 10.7. The average molecular weight is 501 g/mol. The van der Waals surface area contributed by atoms with Gasteiger partial charge in [-0.25, -0.2) is 4.99 Å². The van der Waals surface area contributed by atoms with E-state index in [1.165, 1.54) is 12.1 Å². The number of hydrogen-bond donors (Lipinski definition) is 2. The van der Waals surface area contributed by atoms with Crippen LogP contribution >= 0.6 is 35.7 Å². The minimum Gasteiger partial charge on any atom is -0.356 e. The molecule has 0 atom stereocenters. The highest BCUT2D eigenvalue weighted by Gasteiger charge is 2.04. The Balaban J connectivity index is 0.00000364. The molecule has 0 aliphatic rings. The molecule has 1 aromatic carbocycles. The van der Waals surface area contributed by atoms with E-state index in [0.717, 1.165) is 42.5 Å². The van der Waals surface area contributed by atoms with Crippen molar-refractivity contribution in [1.82, 2.24) is 15.6 Å². The summed E-state index contributed by atoms with van der Waals surface area (Å²) in [5.74, 6) is 1.71. The number of benzene rings is 1. The molecular formula is C18H24IN5O2S. The topological polar surface area (TPSA) is 92.5 Å². The van der Waals surface area contributed by atoms with Gasteiger partial charge >= 0.3 is 0 Å². The maximum Gasteiger partial charge on any atom is 0.269 e. The Hall–Kier alpha value is -1.88. The molecule has 2 N–H and O–H groups in total. The summed E-state index contributed by atoms with van der Waals surface area (Å²) in [5.41, 5.74) is 2.04. The summed E-state index contributed by atoms with van der Waals surface area (Å²) >= 11 is 1.76. The Labute approximate surface area is 180 Å². The van der Waals surface area contributed by atoms with Crippen molar-refractivity contribution in [3.05, 3.63) is 70.0 Å². The SMILES string of the molecule is CSCCNC(=NCc1ccc([N+](=O)[O-])cc1)NCCc1ccccn1.I. The average Bonchev–Trinajstić information content (AvgIpc) is 2.67. The fourth-order valence-electron chi connectivity index (χ4n) is 2.19. The summed E-state index contributed by atoms with van der Waals surface area (Å²) in [7, 11) is 0. The van der Waals surface area contributed by atoms with E-state index >= 15 is 0 Å². The molecule has 0 fully saturated rings. The normalized spacial score (nSPS) is 10.8. The van der Waals surface area contributed by atoms with Crippen LogP contribution in [0.5, 0.6) is 0 Å². The van der Waals surface area contributed by atoms with Crippen LogP contribution in [0, 0.1) is 10.1 Å². The number of aliphatic imine (C=N–C) groups is 1. The lowest BCUT2D eigenvalue weighted by molar-refractivity contribution is -0.384. The van der Waals surface area contributed by atoms with Gasteiger partial charge in [0.05, 0.1) is 11.5 Å². The molecule has 0 unspecified atom stereocenters. The number of pyridine rings is 1. The molecule has 0 spiro atoms. The van der Waals surface area contributed by atoms with Crippen LogP contribution in [-0.2, 0) is 13.0 Å². The quantitative estimate of drug-likeness (QED) is 0.137. The summed E-state index contributed by atoms with van der Waals surface area (Å²) < 4.78 is 0. The molecular weight excluding hydrogens is 477 g/mol. The van der Waals surface area contributed by atoms with Gasteiger partial charge < -0.3 is 10.6 Å². The Bertz CT molecular complexity index is 713. The van der Waals surface area contributed by atoms with Crippen LogP contribution in [0.4, 0.5) is 5.69 Å². The summed E-state index contributed by atoms with van der Waals surface area (Å²) in [4.78, 5) is 19.2. The number of thioether (sulfide) groups is 1. The number of halogens is 1. The molecule has 1 aromatic heterocycles. The van der Waals surface area contributed by atoms with Gasteiger partial charge in [0.2, 0.25) is 0 Å². The van der Waals surface area contributed by atoms with Crippen molar-refractivity contribution in [3.63, 3.8) is 0 Å². The number of non-ortho nitro benzene ring substituents is 1. The van der Waals surface area contributed by atoms with E-state index < -0.39 is 4.92 Å². The van der Waals surface area contributed by atoms with Gasteiger partial charge in [-0.2, -0.15) is 11.8 Å². The number of guanidine groups is 1. The summed E-state index contributed by atoms with van der Waals surface area (Å²) in [6, 6.07) is 12.3. The fraction of sp³-hybridized carbons (Fsp3) is 0.333. The molecule has 2 rings (SSSR count). The summed E-state index contributed by atoms with van der Waals surface area (Å²) in [5, 5.41) is 17.3. The van der Waals surface area contributed by atoms with Crippen molar-refractivity contribution in [3.8, 4) is 0 Å². The molecule has 2 aromatic rings. The van der Waals surface area contributed by atoms with E-state index in [0.29, 0.717) is 6.54 Å². The molecule has 0 aliphatic heterocycles. The number of aromatic nitrogens is 1. The highest BCUT2D eigenvalue weighted by molar-refractivity contribution is 14.0. The Kier molecular flexibility index (Phi) is 11.4. The van der Waals surface area contributed by atoms with Gasteiger partial charge in [-0.1, -0.05) is 18.2 Å². The van der Waals surface area contributed by atoms with E-state index in [1.807, 2.05) is 18.2 Å². The van der Waals surface area contributed by atoms with Gasteiger partial charge in [0, 0.05) is 49.3 Å². The minimum absolute atomic E-state index is 0. The lowest BCUT2D eigenvalue weighted by Gasteiger charge is -2.12. The molecule has 1 heterocycles. The first-order chi connectivity index (χ1) is 12.7. The lowest BCUT2D eigenvalue weighted by Crippen LogP contribution is -2.39. The third-order valence-electron chi connectivity index (χ3n) is 3.57. The zero-order chi connectivity index (χ0) is 18.6. The van der Waals surface area contributed by atoms with Crippen LogP contribution in [0.3, 0.4) is 0 Å². The van der Waals surface area contributed by atoms with Crippen molar-refractivity contribution in [1.29, 1.82) is 0 Å². The van der Waals surface area contributed by atoms with Gasteiger partial charge in [-0.3, -0.25) is 15.1 Å². The fourth-order valence-corrected chi connectivity index (χ4v) is 2.50. The van der Waals surface area contributed by atoms with Gasteiger partial charge in [0.1, 0.15) is 0 Å². The monoisotopic (exact) mass is 501 g/mol. The van der Waals surface area contributed by atoms with E-state index in [1.54, 1.807) is 30.1 Å². The van der Waals surface area contributed by atoms with Gasteiger partial charge in [-0.15, -0.1) is 24.0 Å². The summed E-state index contributed by atoms with van der Waals surface area (Å²) in [6.07, 6.45) is 4.65. The summed E-state index contributed by atoms with van der Waals surface area (Å²) in [6.45, 7) is 2.00. The molecule has 7 nitrogen and oxygen atoms in total. The van der Waals surface area contributed by atoms with E-state index in [-0.39, 0.29) is 29.7 Å². The zero-order valence-electron chi connectivity index (χ0n) is 15.1. The Morgan fingerprint density at radius 3 is 2.56 bits per heavy atom. The first kappa shape index (κ1) is 23.2. The van der Waals surface area contributed by atoms with Crippen molar-refractivity contribution >= 4 is 47.4 Å². The first-order valence-corrected chi connectivity index (χ1v) is 9.73. The van der Waals surface area contributed by atoms with Gasteiger partial charge in [-0.05, 0) is 24.0 Å². The highest BCUT2D eigenvalue weighted by atomic mass is 127. The van der Waals surface area contributed by atoms with Crippen LogP contribution in [0.2, 0.25) is 0 Å². The zero-order valence-corrected chi connectivity index (χ0v) is 18.3. The number of hydrogen-bond acceptors (Lipinski definition) is 5. The first-order valence-electron chi connectivity index (χ1n) is 8.33.